The van der Waals surface area contributed by atoms with Gasteiger partial charge in [0.2, 0.25) is 5.82 Å². The van der Waals surface area contributed by atoms with Crippen molar-refractivity contribution in [2.45, 2.75) is 20.3 Å². The third-order valence-electron chi connectivity index (χ3n) is 4.30. The van der Waals surface area contributed by atoms with Gasteiger partial charge in [-0.15, -0.1) is 0 Å². The number of aromatic nitrogens is 2. The molecule has 0 saturated heterocycles. The van der Waals surface area contributed by atoms with Crippen molar-refractivity contribution in [3.63, 3.8) is 0 Å². The number of methoxy groups -OCH3 is 1. The predicted molar refractivity (Wildman–Crippen MR) is 108 cm³/mol. The van der Waals surface area contributed by atoms with Crippen molar-refractivity contribution in [2.75, 3.05) is 19.0 Å². The molecule has 7 nitrogen and oxygen atoms in total. The fourth-order valence-electron chi connectivity index (χ4n) is 2.81. The van der Waals surface area contributed by atoms with Crippen molar-refractivity contribution in [1.82, 2.24) is 14.7 Å². The van der Waals surface area contributed by atoms with Gasteiger partial charge in [0, 0.05) is 24.5 Å². The summed E-state index contributed by atoms with van der Waals surface area (Å²) in [6, 6.07) is 12.4. The molecule has 2 N–H and O–H groups in total. The van der Waals surface area contributed by atoms with Crippen molar-refractivity contribution >= 4 is 23.0 Å². The molecule has 0 spiro atoms. The number of ether oxygens (including phenoxy) is 1. The van der Waals surface area contributed by atoms with Crippen LogP contribution in [0.5, 0.6) is 5.75 Å². The van der Waals surface area contributed by atoms with Crippen LogP contribution < -0.4 is 15.4 Å². The van der Waals surface area contributed by atoms with Gasteiger partial charge in [0.15, 0.2) is 5.69 Å². The first-order chi connectivity index (χ1) is 13.5. The first kappa shape index (κ1) is 19.4. The van der Waals surface area contributed by atoms with Gasteiger partial charge in [-0.05, 0) is 36.6 Å². The second-order valence-corrected chi connectivity index (χ2v) is 6.86. The Balaban J connectivity index is 1.86. The monoisotopic (exact) mass is 380 g/mol. The van der Waals surface area contributed by atoms with Gasteiger partial charge in [0.1, 0.15) is 5.75 Å². The van der Waals surface area contributed by atoms with Gasteiger partial charge in [-0.2, -0.15) is 0 Å². The maximum absolute atomic E-state index is 12.8. The standard InChI is InChI=1S/C21H24N4O3/c1-14(2)10-11-22-21(27)19-24-18(17-9-4-5-12-25(17)19)20(26)23-15-7-6-8-16(13-15)28-3/h4-9,12-14H,10-11H2,1-3H3,(H,22,27)(H,23,26). The van der Waals surface area contributed by atoms with Crippen molar-refractivity contribution < 1.29 is 14.3 Å². The second-order valence-electron chi connectivity index (χ2n) is 6.86. The molecule has 0 aliphatic carbocycles. The number of rotatable bonds is 7. The topological polar surface area (TPSA) is 84.7 Å². The molecule has 0 unspecified atom stereocenters. The number of hydrogen-bond donors (Lipinski definition) is 2. The summed E-state index contributed by atoms with van der Waals surface area (Å²) in [5, 5.41) is 5.68. The Morgan fingerprint density at radius 1 is 1.14 bits per heavy atom. The molecule has 2 heterocycles. The van der Waals surface area contributed by atoms with Crippen LogP contribution in [-0.4, -0.2) is 34.9 Å². The molecule has 0 fully saturated rings. The molecule has 3 aromatic rings. The minimum Gasteiger partial charge on any atom is -0.497 e. The van der Waals surface area contributed by atoms with Crippen LogP contribution in [0.15, 0.2) is 48.7 Å². The molecular weight excluding hydrogens is 356 g/mol. The van der Waals surface area contributed by atoms with Crippen molar-refractivity contribution in [3.05, 3.63) is 60.2 Å². The molecular formula is C21H24N4O3. The van der Waals surface area contributed by atoms with Crippen LogP contribution >= 0.6 is 0 Å². The summed E-state index contributed by atoms with van der Waals surface area (Å²) in [5.41, 5.74) is 1.35. The number of nitrogens with one attached hydrogen (secondary N) is 2. The fourth-order valence-corrected chi connectivity index (χ4v) is 2.81. The number of carbonyl (C=O) groups excluding carboxylic acids is 2. The highest BCUT2D eigenvalue weighted by atomic mass is 16.5. The zero-order valence-corrected chi connectivity index (χ0v) is 16.2. The summed E-state index contributed by atoms with van der Waals surface area (Å²) >= 11 is 0. The van der Waals surface area contributed by atoms with Crippen LogP contribution in [0, 0.1) is 5.92 Å². The van der Waals surface area contributed by atoms with E-state index in [2.05, 4.69) is 29.5 Å². The van der Waals surface area contributed by atoms with Gasteiger partial charge in [-0.1, -0.05) is 26.0 Å². The molecule has 0 saturated carbocycles. The largest absolute Gasteiger partial charge is 0.497 e. The lowest BCUT2D eigenvalue weighted by molar-refractivity contribution is 0.0941. The zero-order valence-electron chi connectivity index (χ0n) is 16.2. The van der Waals surface area contributed by atoms with E-state index in [9.17, 15) is 9.59 Å². The molecule has 2 amide bonds. The van der Waals surface area contributed by atoms with Gasteiger partial charge < -0.3 is 15.4 Å². The Hall–Kier alpha value is -3.35. The Bertz CT molecular complexity index is 994. The predicted octanol–water partition coefficient (Wildman–Crippen LogP) is 3.37. The first-order valence-corrected chi connectivity index (χ1v) is 9.20. The number of anilines is 1. The molecule has 2 aromatic heterocycles. The van der Waals surface area contributed by atoms with Crippen LogP contribution in [0.3, 0.4) is 0 Å². The van der Waals surface area contributed by atoms with E-state index >= 15 is 0 Å². The van der Waals surface area contributed by atoms with Crippen LogP contribution in [0.4, 0.5) is 5.69 Å². The van der Waals surface area contributed by atoms with Gasteiger partial charge in [0.05, 0.1) is 12.6 Å². The van der Waals surface area contributed by atoms with Crippen LogP contribution in [0.1, 0.15) is 41.4 Å². The van der Waals surface area contributed by atoms with Crippen molar-refractivity contribution in [2.24, 2.45) is 5.92 Å². The highest BCUT2D eigenvalue weighted by Gasteiger charge is 2.21. The number of pyridine rings is 1. The molecule has 0 atom stereocenters. The Kier molecular flexibility index (Phi) is 5.93. The Labute approximate surface area is 163 Å². The number of carbonyl (C=O) groups is 2. The summed E-state index contributed by atoms with van der Waals surface area (Å²) < 4.78 is 6.81. The van der Waals surface area contributed by atoms with E-state index in [1.165, 1.54) is 0 Å². The average molecular weight is 380 g/mol. The molecule has 0 bridgehead atoms. The molecule has 1 aromatic carbocycles. The fraction of sp³-hybridized carbons (Fsp3) is 0.286. The van der Waals surface area contributed by atoms with E-state index in [0.717, 1.165) is 6.42 Å². The third kappa shape index (κ3) is 4.31. The summed E-state index contributed by atoms with van der Waals surface area (Å²) in [5.74, 6) is 0.620. The summed E-state index contributed by atoms with van der Waals surface area (Å²) in [7, 11) is 1.56. The first-order valence-electron chi connectivity index (χ1n) is 9.20. The third-order valence-corrected chi connectivity index (χ3v) is 4.30. The molecule has 3 rings (SSSR count). The number of nitrogens with zero attached hydrogens (tertiary/aromatic N) is 2. The number of amides is 2. The normalized spacial score (nSPS) is 10.9. The zero-order chi connectivity index (χ0) is 20.1. The van der Waals surface area contributed by atoms with Gasteiger partial charge in [0.25, 0.3) is 11.8 Å². The van der Waals surface area contributed by atoms with Crippen LogP contribution in [0.2, 0.25) is 0 Å². The van der Waals surface area contributed by atoms with Gasteiger partial charge in [-0.3, -0.25) is 14.0 Å². The van der Waals surface area contributed by atoms with E-state index in [4.69, 9.17) is 4.74 Å². The van der Waals surface area contributed by atoms with Crippen LogP contribution in [0.25, 0.3) is 5.52 Å². The Morgan fingerprint density at radius 2 is 1.96 bits per heavy atom. The van der Waals surface area contributed by atoms with Gasteiger partial charge >= 0.3 is 0 Å². The molecule has 146 valence electrons. The smallest absolute Gasteiger partial charge is 0.287 e. The number of imidazole rings is 1. The minimum absolute atomic E-state index is 0.190. The average Bonchev–Trinajstić information content (AvgIpc) is 3.08. The van der Waals surface area contributed by atoms with Crippen molar-refractivity contribution in [3.8, 4) is 5.75 Å². The lowest BCUT2D eigenvalue weighted by Gasteiger charge is -2.06. The SMILES string of the molecule is COc1cccc(NC(=O)c2nc(C(=O)NCCC(C)C)n3ccccc23)c1. The quantitative estimate of drug-likeness (QED) is 0.658. The maximum atomic E-state index is 12.8. The molecule has 0 aliphatic heterocycles. The number of fused-ring (bicyclic) bond motifs is 1. The van der Waals surface area contributed by atoms with E-state index in [-0.39, 0.29) is 17.4 Å². The molecule has 28 heavy (non-hydrogen) atoms. The molecule has 0 aliphatic rings. The number of hydrogen-bond acceptors (Lipinski definition) is 4. The van der Waals surface area contributed by atoms with E-state index in [1.807, 2.05) is 0 Å². The van der Waals surface area contributed by atoms with E-state index < -0.39 is 5.91 Å². The van der Waals surface area contributed by atoms with E-state index in [1.54, 1.807) is 60.2 Å². The maximum Gasteiger partial charge on any atom is 0.287 e. The van der Waals surface area contributed by atoms with Crippen LogP contribution in [-0.2, 0) is 0 Å². The second kappa shape index (κ2) is 8.56. The molecule has 0 radical (unpaired) electrons. The van der Waals surface area contributed by atoms with Crippen molar-refractivity contribution in [1.29, 1.82) is 0 Å². The highest BCUT2D eigenvalue weighted by molar-refractivity contribution is 6.09. The lowest BCUT2D eigenvalue weighted by atomic mass is 10.1. The minimum atomic E-state index is -0.391. The summed E-state index contributed by atoms with van der Waals surface area (Å²) in [4.78, 5) is 29.7. The molecule has 7 heteroatoms. The van der Waals surface area contributed by atoms with E-state index in [0.29, 0.717) is 29.4 Å². The summed E-state index contributed by atoms with van der Waals surface area (Å²) in [6.07, 6.45) is 2.60. The summed E-state index contributed by atoms with van der Waals surface area (Å²) in [6.45, 7) is 4.75. The van der Waals surface area contributed by atoms with Gasteiger partial charge in [-0.25, -0.2) is 4.98 Å². The highest BCUT2D eigenvalue weighted by Crippen LogP contribution is 2.19. The number of benzene rings is 1. The lowest BCUT2D eigenvalue weighted by Crippen LogP contribution is -2.27. The Morgan fingerprint density at radius 3 is 2.71 bits per heavy atom.